The van der Waals surface area contributed by atoms with Crippen molar-refractivity contribution in [2.75, 3.05) is 25.2 Å². The Balaban J connectivity index is 1.18. The Morgan fingerprint density at radius 1 is 1.15 bits per heavy atom. The lowest BCUT2D eigenvalue weighted by atomic mass is 9.78. The molecule has 0 aromatic heterocycles. The zero-order chi connectivity index (χ0) is 23.2. The second kappa shape index (κ2) is 10.7. The van der Waals surface area contributed by atoms with Gasteiger partial charge < -0.3 is 29.8 Å². The van der Waals surface area contributed by atoms with Gasteiger partial charge in [-0.25, -0.2) is 14.0 Å². The zero-order valence-corrected chi connectivity index (χ0v) is 18.4. The summed E-state index contributed by atoms with van der Waals surface area (Å²) in [6, 6.07) is 1.99. The lowest BCUT2D eigenvalue weighted by Gasteiger charge is -2.43. The molecule has 3 aliphatic rings. The van der Waals surface area contributed by atoms with E-state index < -0.39 is 23.8 Å². The van der Waals surface area contributed by atoms with Crippen LogP contribution in [-0.2, 0) is 21.0 Å². The van der Waals surface area contributed by atoms with E-state index in [9.17, 15) is 18.8 Å². The highest BCUT2D eigenvalue weighted by Gasteiger charge is 2.36. The number of hydrogen-bond acceptors (Lipinski definition) is 6. The van der Waals surface area contributed by atoms with Crippen LogP contribution in [0.15, 0.2) is 12.1 Å². The van der Waals surface area contributed by atoms with E-state index in [2.05, 4.69) is 16.1 Å². The summed E-state index contributed by atoms with van der Waals surface area (Å²) in [6.07, 6.45) is 5.84. The van der Waals surface area contributed by atoms with Crippen molar-refractivity contribution in [3.05, 3.63) is 23.5 Å². The van der Waals surface area contributed by atoms with Crippen LogP contribution in [0.3, 0.4) is 0 Å². The fraction of sp³-hybridized carbons (Fsp3) is 0.591. The topological polar surface area (TPSA) is 118 Å². The van der Waals surface area contributed by atoms with Crippen molar-refractivity contribution >= 4 is 23.7 Å². The summed E-state index contributed by atoms with van der Waals surface area (Å²) in [5.74, 6) is -0.211. The quantitative estimate of drug-likeness (QED) is 0.590. The summed E-state index contributed by atoms with van der Waals surface area (Å²) in [4.78, 5) is 43.4. The maximum Gasteiger partial charge on any atom is 0.434 e. The highest BCUT2D eigenvalue weighted by molar-refractivity contribution is 5.91. The molecule has 33 heavy (non-hydrogen) atoms. The van der Waals surface area contributed by atoms with E-state index in [1.54, 1.807) is 4.90 Å². The number of carbonyl (C=O) groups is 3. The zero-order valence-electron chi connectivity index (χ0n) is 18.4. The molecule has 1 aromatic carbocycles. The number of hydrogen-bond donors (Lipinski definition) is 3. The third-order valence-electron chi connectivity index (χ3n) is 6.29. The smallest absolute Gasteiger partial charge is 0.434 e. The third-order valence-corrected chi connectivity index (χ3v) is 6.29. The molecule has 2 heterocycles. The molecule has 3 N–H and O–H groups in total. The predicted octanol–water partition coefficient (Wildman–Crippen LogP) is 3.03. The maximum absolute atomic E-state index is 13.8. The van der Waals surface area contributed by atoms with Crippen molar-refractivity contribution in [2.24, 2.45) is 5.92 Å². The van der Waals surface area contributed by atoms with Gasteiger partial charge in [-0.05, 0) is 37.7 Å². The molecule has 10 nitrogen and oxygen atoms in total. The van der Waals surface area contributed by atoms with Crippen LogP contribution in [0.2, 0.25) is 0 Å². The van der Waals surface area contributed by atoms with Crippen LogP contribution < -0.4 is 20.9 Å². The number of halogens is 1. The van der Waals surface area contributed by atoms with E-state index in [1.165, 1.54) is 12.5 Å². The fourth-order valence-corrected chi connectivity index (χ4v) is 4.79. The molecular weight excluding hydrogens is 435 g/mol. The number of carbonyl (C=O) groups excluding carboxylic acids is 3. The molecule has 0 spiro atoms. The number of urea groups is 1. The normalized spacial score (nSPS) is 21.7. The minimum Gasteiger partial charge on any atom is -0.465 e. The van der Waals surface area contributed by atoms with Gasteiger partial charge in [0.25, 0.3) is 5.91 Å². The number of amides is 4. The minimum absolute atomic E-state index is 0.00660. The molecule has 1 aromatic rings. The molecule has 2 atom stereocenters. The first-order chi connectivity index (χ1) is 16.0. The number of rotatable bonds is 4. The van der Waals surface area contributed by atoms with Crippen molar-refractivity contribution in [1.82, 2.24) is 15.7 Å². The van der Waals surface area contributed by atoms with Gasteiger partial charge in [0.1, 0.15) is 5.82 Å². The van der Waals surface area contributed by atoms with Gasteiger partial charge in [-0.3, -0.25) is 4.79 Å². The average Bonchev–Trinajstić information content (AvgIpc) is 2.82. The number of nitrogens with zero attached hydrogens (tertiary/aromatic N) is 1. The molecule has 4 amide bonds. The number of anilines is 1. The van der Waals surface area contributed by atoms with E-state index in [4.69, 9.17) is 14.3 Å². The number of fused-ring (bicyclic) bond motifs is 2. The number of piperidine rings is 1. The Labute approximate surface area is 191 Å². The monoisotopic (exact) mass is 464 g/mol. The van der Waals surface area contributed by atoms with Crippen LogP contribution >= 0.6 is 0 Å². The van der Waals surface area contributed by atoms with E-state index in [1.807, 2.05) is 0 Å². The molecule has 1 saturated carbocycles. The first kappa shape index (κ1) is 23.1. The highest BCUT2D eigenvalue weighted by Crippen LogP contribution is 2.35. The first-order valence-electron chi connectivity index (χ1n) is 11.4. The van der Waals surface area contributed by atoms with Crippen molar-refractivity contribution in [2.45, 2.75) is 57.6 Å². The van der Waals surface area contributed by atoms with Crippen molar-refractivity contribution in [3.63, 3.8) is 0 Å². The van der Waals surface area contributed by atoms with E-state index in [-0.39, 0.29) is 38.1 Å². The number of ether oxygens (including phenoxy) is 2. The SMILES string of the molecule is O=C(CCNC(=O)Nc1cc(F)cc2c1OCOC2)NOC(=O)N1CCCC2CCCCC21. The van der Waals surface area contributed by atoms with Crippen LogP contribution in [0, 0.1) is 11.7 Å². The molecule has 2 fully saturated rings. The molecule has 1 aliphatic carbocycles. The predicted molar refractivity (Wildman–Crippen MR) is 115 cm³/mol. The summed E-state index contributed by atoms with van der Waals surface area (Å²) in [5, 5.41) is 5.02. The Morgan fingerprint density at radius 2 is 1.97 bits per heavy atom. The summed E-state index contributed by atoms with van der Waals surface area (Å²) < 4.78 is 24.2. The Morgan fingerprint density at radius 3 is 2.85 bits per heavy atom. The molecule has 4 rings (SSSR count). The lowest BCUT2D eigenvalue weighted by molar-refractivity contribution is -0.130. The van der Waals surface area contributed by atoms with Gasteiger partial charge in [0.05, 0.1) is 12.3 Å². The van der Waals surface area contributed by atoms with Crippen LogP contribution in [0.1, 0.15) is 50.5 Å². The second-order valence-electron chi connectivity index (χ2n) is 8.52. The maximum atomic E-state index is 13.8. The molecule has 180 valence electrons. The van der Waals surface area contributed by atoms with Gasteiger partial charge in [-0.15, -0.1) is 0 Å². The first-order valence-corrected chi connectivity index (χ1v) is 11.4. The largest absolute Gasteiger partial charge is 0.465 e. The van der Waals surface area contributed by atoms with Crippen LogP contribution in [-0.4, -0.2) is 48.9 Å². The molecule has 2 unspecified atom stereocenters. The number of likely N-dealkylation sites (tertiary alicyclic amines) is 1. The Bertz CT molecular complexity index is 896. The van der Waals surface area contributed by atoms with Crippen LogP contribution in [0.4, 0.5) is 19.7 Å². The van der Waals surface area contributed by atoms with Gasteiger partial charge >= 0.3 is 12.1 Å². The summed E-state index contributed by atoms with van der Waals surface area (Å²) in [7, 11) is 0. The molecule has 0 bridgehead atoms. The minimum atomic E-state index is -0.626. The molecular formula is C22H29FN4O6. The number of hydroxylamine groups is 1. The second-order valence-corrected chi connectivity index (χ2v) is 8.52. The number of benzene rings is 1. The molecule has 0 radical (unpaired) electrons. The summed E-state index contributed by atoms with van der Waals surface area (Å²) in [5.41, 5.74) is 2.83. The van der Waals surface area contributed by atoms with Crippen LogP contribution in [0.25, 0.3) is 0 Å². The Hall–Kier alpha value is -3.08. The third kappa shape index (κ3) is 5.84. The van der Waals surface area contributed by atoms with E-state index >= 15 is 0 Å². The van der Waals surface area contributed by atoms with Crippen LogP contribution in [0.5, 0.6) is 5.75 Å². The van der Waals surface area contributed by atoms with Gasteiger partial charge in [-0.1, -0.05) is 12.8 Å². The average molecular weight is 464 g/mol. The fourth-order valence-electron chi connectivity index (χ4n) is 4.79. The molecule has 11 heteroatoms. The van der Waals surface area contributed by atoms with Crippen molar-refractivity contribution in [3.8, 4) is 5.75 Å². The summed E-state index contributed by atoms with van der Waals surface area (Å²) in [6.45, 7) is 0.816. The van der Waals surface area contributed by atoms with Gasteiger partial charge in [0.2, 0.25) is 0 Å². The Kier molecular flexibility index (Phi) is 7.48. The molecule has 2 aliphatic heterocycles. The van der Waals surface area contributed by atoms with Gasteiger partial charge in [0.15, 0.2) is 12.5 Å². The standard InChI is InChI=1S/C22H29FN4O6/c23-16-10-15-12-31-13-32-20(15)17(11-16)25-21(29)24-8-7-19(28)26-33-22(30)27-9-3-5-14-4-1-2-6-18(14)27/h10-11,14,18H,1-9,12-13H2,(H,26,28)(H2,24,25,29). The van der Waals surface area contributed by atoms with Gasteiger partial charge in [0, 0.05) is 37.2 Å². The highest BCUT2D eigenvalue weighted by atomic mass is 19.1. The van der Waals surface area contributed by atoms with Crippen molar-refractivity contribution in [1.29, 1.82) is 0 Å². The van der Waals surface area contributed by atoms with Gasteiger partial charge in [-0.2, -0.15) is 5.48 Å². The summed E-state index contributed by atoms with van der Waals surface area (Å²) >= 11 is 0. The number of nitrogens with one attached hydrogen (secondary N) is 3. The van der Waals surface area contributed by atoms with E-state index in [0.29, 0.717) is 23.8 Å². The van der Waals surface area contributed by atoms with E-state index in [0.717, 1.165) is 38.2 Å². The molecule has 1 saturated heterocycles. The lowest BCUT2D eigenvalue weighted by Crippen LogP contribution is -2.51. The van der Waals surface area contributed by atoms with Crippen molar-refractivity contribution < 1.29 is 33.1 Å².